The van der Waals surface area contributed by atoms with E-state index in [4.69, 9.17) is 10.6 Å². The third kappa shape index (κ3) is 3.08. The summed E-state index contributed by atoms with van der Waals surface area (Å²) < 4.78 is 18.2. The van der Waals surface area contributed by atoms with Crippen molar-refractivity contribution in [2.45, 2.75) is 6.54 Å². The van der Waals surface area contributed by atoms with Gasteiger partial charge in [0.05, 0.1) is 7.11 Å². The smallest absolute Gasteiger partial charge is 0.205 e. The van der Waals surface area contributed by atoms with Crippen molar-refractivity contribution in [3.8, 4) is 5.75 Å². The number of halogens is 1. The highest BCUT2D eigenvalue weighted by molar-refractivity contribution is 5.63. The number of benzene rings is 1. The van der Waals surface area contributed by atoms with E-state index < -0.39 is 0 Å². The summed E-state index contributed by atoms with van der Waals surface area (Å²) in [5.74, 6) is 6.30. The highest BCUT2D eigenvalue weighted by Crippen LogP contribution is 2.28. The normalized spacial score (nSPS) is 10.1. The lowest BCUT2D eigenvalue weighted by molar-refractivity contribution is 0.414. The van der Waals surface area contributed by atoms with Crippen molar-refractivity contribution in [2.75, 3.05) is 17.9 Å². The Labute approximate surface area is 109 Å². The van der Waals surface area contributed by atoms with Crippen LogP contribution in [0.15, 0.2) is 30.6 Å². The van der Waals surface area contributed by atoms with Crippen molar-refractivity contribution in [2.24, 2.45) is 5.84 Å². The van der Waals surface area contributed by atoms with E-state index in [1.165, 1.54) is 25.6 Å². The average Bonchev–Trinajstić information content (AvgIpc) is 2.44. The van der Waals surface area contributed by atoms with Gasteiger partial charge in [0, 0.05) is 6.54 Å². The lowest BCUT2D eigenvalue weighted by Gasteiger charge is -2.12. The van der Waals surface area contributed by atoms with Gasteiger partial charge in [-0.15, -0.1) is 0 Å². The van der Waals surface area contributed by atoms with Crippen molar-refractivity contribution in [1.82, 2.24) is 9.97 Å². The Morgan fingerprint density at radius 2 is 2.11 bits per heavy atom. The molecule has 0 bridgehead atoms. The van der Waals surface area contributed by atoms with E-state index in [-0.39, 0.29) is 5.82 Å². The molecule has 0 fully saturated rings. The number of hydrazine groups is 1. The number of ether oxygens (including phenoxy) is 1. The van der Waals surface area contributed by atoms with E-state index in [0.29, 0.717) is 23.9 Å². The monoisotopic (exact) mass is 263 g/mol. The molecule has 1 heterocycles. The lowest BCUT2D eigenvalue weighted by atomic mass is 10.2. The molecule has 0 atom stereocenters. The standard InChI is InChI=1S/C12H14FN5O/c1-19-10-11(16-7-17-12(10)18-14)15-6-8-3-2-4-9(13)5-8/h2-5,7H,6,14H2,1H3,(H2,15,16,17,18). The van der Waals surface area contributed by atoms with Gasteiger partial charge in [-0.05, 0) is 17.7 Å². The molecule has 0 aliphatic carbocycles. The fraction of sp³-hybridized carbons (Fsp3) is 0.167. The molecule has 1 aromatic carbocycles. The maximum atomic E-state index is 13.1. The zero-order chi connectivity index (χ0) is 13.7. The van der Waals surface area contributed by atoms with Crippen LogP contribution in [0.25, 0.3) is 0 Å². The van der Waals surface area contributed by atoms with E-state index in [9.17, 15) is 4.39 Å². The van der Waals surface area contributed by atoms with Gasteiger partial charge in [0.15, 0.2) is 11.6 Å². The summed E-state index contributed by atoms with van der Waals surface area (Å²) in [5.41, 5.74) is 3.21. The average molecular weight is 263 g/mol. The number of hydrogen-bond acceptors (Lipinski definition) is 6. The molecule has 2 rings (SSSR count). The Hall–Kier alpha value is -2.41. The topological polar surface area (TPSA) is 85.1 Å². The zero-order valence-electron chi connectivity index (χ0n) is 10.4. The first-order chi connectivity index (χ1) is 9.24. The SMILES string of the molecule is COc1c(NN)ncnc1NCc1cccc(F)c1. The minimum Gasteiger partial charge on any atom is -0.490 e. The summed E-state index contributed by atoms with van der Waals surface area (Å²) in [6, 6.07) is 6.30. The molecular formula is C12H14FN5O. The van der Waals surface area contributed by atoms with Gasteiger partial charge in [0.25, 0.3) is 0 Å². The van der Waals surface area contributed by atoms with Gasteiger partial charge in [-0.25, -0.2) is 20.2 Å². The van der Waals surface area contributed by atoms with Crippen LogP contribution in [0.4, 0.5) is 16.0 Å². The number of anilines is 2. The van der Waals surface area contributed by atoms with Gasteiger partial charge >= 0.3 is 0 Å². The van der Waals surface area contributed by atoms with Crippen molar-refractivity contribution in [1.29, 1.82) is 0 Å². The number of rotatable bonds is 5. The molecule has 19 heavy (non-hydrogen) atoms. The quantitative estimate of drug-likeness (QED) is 0.560. The van der Waals surface area contributed by atoms with E-state index >= 15 is 0 Å². The Bertz CT molecular complexity index is 564. The van der Waals surface area contributed by atoms with Crippen LogP contribution in [-0.4, -0.2) is 17.1 Å². The van der Waals surface area contributed by atoms with Crippen LogP contribution in [-0.2, 0) is 6.54 Å². The van der Waals surface area contributed by atoms with Crippen LogP contribution in [0.3, 0.4) is 0 Å². The minimum absolute atomic E-state index is 0.279. The summed E-state index contributed by atoms with van der Waals surface area (Å²) in [6.07, 6.45) is 1.35. The van der Waals surface area contributed by atoms with Crippen molar-refractivity contribution >= 4 is 11.6 Å². The van der Waals surface area contributed by atoms with Crippen LogP contribution in [0.2, 0.25) is 0 Å². The molecule has 7 heteroatoms. The van der Waals surface area contributed by atoms with E-state index in [0.717, 1.165) is 5.56 Å². The van der Waals surface area contributed by atoms with Crippen molar-refractivity contribution < 1.29 is 9.13 Å². The Morgan fingerprint density at radius 1 is 1.32 bits per heavy atom. The molecule has 0 aliphatic heterocycles. The van der Waals surface area contributed by atoms with Crippen LogP contribution < -0.4 is 21.3 Å². The van der Waals surface area contributed by atoms with Gasteiger partial charge in [-0.2, -0.15) is 0 Å². The number of nitrogens with zero attached hydrogens (tertiary/aromatic N) is 2. The van der Waals surface area contributed by atoms with Gasteiger partial charge in [0.1, 0.15) is 12.1 Å². The fourth-order valence-electron chi connectivity index (χ4n) is 1.63. The first-order valence-corrected chi connectivity index (χ1v) is 5.58. The molecule has 0 saturated carbocycles. The second kappa shape index (κ2) is 5.96. The van der Waals surface area contributed by atoms with Crippen molar-refractivity contribution in [3.05, 3.63) is 42.0 Å². The maximum Gasteiger partial charge on any atom is 0.205 e. The maximum absolute atomic E-state index is 13.1. The second-order valence-corrected chi connectivity index (χ2v) is 3.73. The molecule has 1 aromatic heterocycles. The van der Waals surface area contributed by atoms with E-state index in [1.54, 1.807) is 6.07 Å². The molecule has 6 nitrogen and oxygen atoms in total. The summed E-state index contributed by atoms with van der Waals surface area (Å²) in [7, 11) is 1.49. The summed E-state index contributed by atoms with van der Waals surface area (Å²) in [5, 5.41) is 3.04. The molecule has 0 saturated heterocycles. The molecule has 0 amide bonds. The van der Waals surface area contributed by atoms with Crippen molar-refractivity contribution in [3.63, 3.8) is 0 Å². The molecular weight excluding hydrogens is 249 g/mol. The van der Waals surface area contributed by atoms with E-state index in [2.05, 4.69) is 20.7 Å². The van der Waals surface area contributed by atoms with Crippen LogP contribution >= 0.6 is 0 Å². The number of aromatic nitrogens is 2. The number of nitrogens with two attached hydrogens (primary N) is 1. The number of nitrogen functional groups attached to an aromatic ring is 1. The minimum atomic E-state index is -0.279. The fourth-order valence-corrected chi connectivity index (χ4v) is 1.63. The van der Waals surface area contributed by atoms with Crippen LogP contribution in [0.1, 0.15) is 5.56 Å². The lowest BCUT2D eigenvalue weighted by Crippen LogP contribution is -2.12. The number of nitrogens with one attached hydrogen (secondary N) is 2. The largest absolute Gasteiger partial charge is 0.490 e. The predicted molar refractivity (Wildman–Crippen MR) is 70.1 cm³/mol. The molecule has 0 aliphatic rings. The first kappa shape index (κ1) is 13.0. The van der Waals surface area contributed by atoms with Gasteiger partial charge < -0.3 is 15.5 Å². The van der Waals surface area contributed by atoms with Gasteiger partial charge in [-0.1, -0.05) is 12.1 Å². The first-order valence-electron chi connectivity index (χ1n) is 5.58. The predicted octanol–water partition coefficient (Wildman–Crippen LogP) is 1.52. The summed E-state index contributed by atoms with van der Waals surface area (Å²) >= 11 is 0. The second-order valence-electron chi connectivity index (χ2n) is 3.73. The third-order valence-electron chi connectivity index (χ3n) is 2.49. The molecule has 2 aromatic rings. The van der Waals surface area contributed by atoms with E-state index in [1.807, 2.05) is 6.07 Å². The zero-order valence-corrected chi connectivity index (χ0v) is 10.4. The Balaban J connectivity index is 2.15. The summed E-state index contributed by atoms with van der Waals surface area (Å²) in [4.78, 5) is 7.98. The van der Waals surface area contributed by atoms with Crippen LogP contribution in [0.5, 0.6) is 5.75 Å². The highest BCUT2D eigenvalue weighted by Gasteiger charge is 2.10. The highest BCUT2D eigenvalue weighted by atomic mass is 19.1. The van der Waals surface area contributed by atoms with Gasteiger partial charge in [0.2, 0.25) is 5.75 Å². The Morgan fingerprint density at radius 3 is 2.79 bits per heavy atom. The molecule has 0 radical (unpaired) electrons. The molecule has 100 valence electrons. The Kier molecular flexibility index (Phi) is 4.09. The third-order valence-corrected chi connectivity index (χ3v) is 2.49. The van der Waals surface area contributed by atoms with Crippen LogP contribution in [0, 0.1) is 5.82 Å². The molecule has 0 spiro atoms. The molecule has 4 N–H and O–H groups in total. The molecule has 0 unspecified atom stereocenters. The van der Waals surface area contributed by atoms with Gasteiger partial charge in [-0.3, -0.25) is 0 Å². The number of hydrogen-bond donors (Lipinski definition) is 3. The summed E-state index contributed by atoms with van der Waals surface area (Å²) in [6.45, 7) is 0.412. The number of methoxy groups -OCH3 is 1.